The van der Waals surface area contributed by atoms with E-state index in [1.54, 1.807) is 18.0 Å². The van der Waals surface area contributed by atoms with Crippen LogP contribution in [0.2, 0.25) is 5.02 Å². The summed E-state index contributed by atoms with van der Waals surface area (Å²) in [6.45, 7) is 4.39. The van der Waals surface area contributed by atoms with Crippen molar-refractivity contribution in [1.82, 2.24) is 10.3 Å². The van der Waals surface area contributed by atoms with Gasteiger partial charge < -0.3 is 14.6 Å². The Morgan fingerprint density at radius 2 is 1.76 bits per heavy atom. The van der Waals surface area contributed by atoms with Crippen LogP contribution >= 0.6 is 35.6 Å². The van der Waals surface area contributed by atoms with Crippen LogP contribution in [0.3, 0.4) is 0 Å². The fourth-order valence-corrected chi connectivity index (χ4v) is 5.36. The van der Waals surface area contributed by atoms with Gasteiger partial charge >= 0.3 is 0 Å². The third kappa shape index (κ3) is 4.71. The fraction of sp³-hybridized carbons (Fsp3) is 0.185. The number of rotatable bonds is 6. The molecule has 1 aliphatic heterocycles. The number of pyridine rings is 1. The minimum absolute atomic E-state index is 0.141. The molecule has 7 heteroatoms. The first-order valence-corrected chi connectivity index (χ1v) is 12.7. The van der Waals surface area contributed by atoms with Crippen molar-refractivity contribution in [1.29, 1.82) is 0 Å². The standard InChI is InChI=1S/C27H24ClN3OS2/c1-17(2)18-6-10-20(11-7-18)31-26(25(30-27(31)33)22-5-3-4-16-29-22)23-14-15-24(32-23)34-21-12-8-19(28)9-13-21/h3-17,25-26H,1-2H3,(H,30,33)/t25-,26+/m0/s1. The first-order valence-electron chi connectivity index (χ1n) is 11.1. The molecule has 0 aliphatic carbocycles. The molecular weight excluding hydrogens is 482 g/mol. The molecule has 0 saturated carbocycles. The second-order valence-electron chi connectivity index (χ2n) is 8.46. The molecular formula is C27H24ClN3OS2. The molecule has 1 saturated heterocycles. The smallest absolute Gasteiger partial charge is 0.174 e. The lowest BCUT2D eigenvalue weighted by atomic mass is 10.0. The second kappa shape index (κ2) is 9.82. The Balaban J connectivity index is 1.51. The predicted molar refractivity (Wildman–Crippen MR) is 143 cm³/mol. The van der Waals surface area contributed by atoms with E-state index in [0.29, 0.717) is 16.1 Å². The van der Waals surface area contributed by atoms with E-state index in [9.17, 15) is 0 Å². The lowest BCUT2D eigenvalue weighted by Crippen LogP contribution is -2.29. The number of anilines is 1. The third-order valence-electron chi connectivity index (χ3n) is 5.86. The molecule has 0 spiro atoms. The van der Waals surface area contributed by atoms with Crippen molar-refractivity contribution >= 4 is 46.4 Å². The molecule has 2 aromatic carbocycles. The molecule has 1 aliphatic rings. The average molecular weight is 506 g/mol. The number of nitrogens with one attached hydrogen (secondary N) is 1. The van der Waals surface area contributed by atoms with Crippen molar-refractivity contribution < 1.29 is 4.42 Å². The second-order valence-corrected chi connectivity index (χ2v) is 10.4. The van der Waals surface area contributed by atoms with Gasteiger partial charge in [0.25, 0.3) is 0 Å². The maximum Gasteiger partial charge on any atom is 0.174 e. The van der Waals surface area contributed by atoms with Gasteiger partial charge in [-0.1, -0.05) is 55.4 Å². The van der Waals surface area contributed by atoms with Gasteiger partial charge in [0.1, 0.15) is 11.8 Å². The zero-order valence-electron chi connectivity index (χ0n) is 18.8. The molecule has 2 atom stereocenters. The summed E-state index contributed by atoms with van der Waals surface area (Å²) in [7, 11) is 0. The zero-order chi connectivity index (χ0) is 23.7. The molecule has 1 N–H and O–H groups in total. The molecule has 3 heterocycles. The summed E-state index contributed by atoms with van der Waals surface area (Å²) in [6, 6.07) is 26.0. The monoisotopic (exact) mass is 505 g/mol. The lowest BCUT2D eigenvalue weighted by molar-refractivity contribution is 0.383. The Labute approximate surface area is 214 Å². The minimum atomic E-state index is -0.174. The maximum atomic E-state index is 6.38. The molecule has 0 bridgehead atoms. The van der Waals surface area contributed by atoms with Crippen LogP contribution in [-0.2, 0) is 0 Å². The van der Waals surface area contributed by atoms with Gasteiger partial charge in [-0.25, -0.2) is 0 Å². The summed E-state index contributed by atoms with van der Waals surface area (Å²) in [5, 5.41) is 5.66. The van der Waals surface area contributed by atoms with Crippen molar-refractivity contribution in [3.05, 3.63) is 107 Å². The summed E-state index contributed by atoms with van der Waals surface area (Å²) in [5.41, 5.74) is 3.23. The van der Waals surface area contributed by atoms with Crippen molar-refractivity contribution in [3.63, 3.8) is 0 Å². The number of hydrogen-bond acceptors (Lipinski definition) is 4. The zero-order valence-corrected chi connectivity index (χ0v) is 21.2. The van der Waals surface area contributed by atoms with Crippen molar-refractivity contribution in [2.45, 2.75) is 41.8 Å². The highest BCUT2D eigenvalue weighted by atomic mass is 35.5. The molecule has 0 amide bonds. The van der Waals surface area contributed by atoms with Crippen molar-refractivity contribution in [3.8, 4) is 0 Å². The maximum absolute atomic E-state index is 6.38. The normalized spacial score (nSPS) is 17.9. The topological polar surface area (TPSA) is 41.3 Å². The van der Waals surface area contributed by atoms with E-state index in [1.807, 2.05) is 54.6 Å². The van der Waals surface area contributed by atoms with E-state index in [1.165, 1.54) is 5.56 Å². The summed E-state index contributed by atoms with van der Waals surface area (Å²) in [5.74, 6) is 1.29. The Kier molecular flexibility index (Phi) is 6.63. The van der Waals surface area contributed by atoms with E-state index < -0.39 is 0 Å². The number of furan rings is 1. The van der Waals surface area contributed by atoms with Crippen LogP contribution in [0.5, 0.6) is 0 Å². The summed E-state index contributed by atoms with van der Waals surface area (Å²) >= 11 is 13.4. The van der Waals surface area contributed by atoms with E-state index in [2.05, 4.69) is 53.3 Å². The Hall–Kier alpha value is -2.80. The number of thiocarbonyl (C=S) groups is 1. The van der Waals surface area contributed by atoms with Gasteiger partial charge in [-0.15, -0.1) is 0 Å². The van der Waals surface area contributed by atoms with E-state index in [0.717, 1.165) is 27.1 Å². The molecule has 34 heavy (non-hydrogen) atoms. The molecule has 5 rings (SSSR count). The molecule has 4 nitrogen and oxygen atoms in total. The van der Waals surface area contributed by atoms with Gasteiger partial charge in [0.05, 0.1) is 11.7 Å². The van der Waals surface area contributed by atoms with Crippen molar-refractivity contribution in [2.75, 3.05) is 4.90 Å². The van der Waals surface area contributed by atoms with Crippen LogP contribution in [0.4, 0.5) is 5.69 Å². The summed E-state index contributed by atoms with van der Waals surface area (Å²) in [6.07, 6.45) is 1.81. The molecule has 172 valence electrons. The highest BCUT2D eigenvalue weighted by molar-refractivity contribution is 7.99. The van der Waals surface area contributed by atoms with Gasteiger partial charge in [-0.05, 0) is 84.4 Å². The summed E-state index contributed by atoms with van der Waals surface area (Å²) in [4.78, 5) is 7.81. The van der Waals surface area contributed by atoms with Gasteiger partial charge in [-0.2, -0.15) is 0 Å². The van der Waals surface area contributed by atoms with Crippen LogP contribution in [0.1, 0.15) is 48.9 Å². The SMILES string of the molecule is CC(C)c1ccc(N2C(=S)N[C@@H](c3ccccn3)[C@H]2c2ccc(Sc3ccc(Cl)cc3)o2)cc1. The quantitative estimate of drug-likeness (QED) is 0.270. The molecule has 1 fully saturated rings. The molecule has 0 unspecified atom stereocenters. The number of halogens is 1. The van der Waals surface area contributed by atoms with E-state index >= 15 is 0 Å². The Morgan fingerprint density at radius 1 is 1.00 bits per heavy atom. The summed E-state index contributed by atoms with van der Waals surface area (Å²) < 4.78 is 6.38. The highest BCUT2D eigenvalue weighted by Crippen LogP contribution is 2.43. The first-order chi connectivity index (χ1) is 16.5. The number of hydrogen-bond donors (Lipinski definition) is 1. The fourth-order valence-electron chi connectivity index (χ4n) is 4.11. The largest absolute Gasteiger partial charge is 0.452 e. The first kappa shape index (κ1) is 23.0. The molecule has 0 radical (unpaired) electrons. The number of nitrogens with zero attached hydrogens (tertiary/aromatic N) is 2. The number of benzene rings is 2. The van der Waals surface area contributed by atoms with Crippen LogP contribution in [0, 0.1) is 0 Å². The van der Waals surface area contributed by atoms with Gasteiger partial charge in [0.2, 0.25) is 0 Å². The predicted octanol–water partition coefficient (Wildman–Crippen LogP) is 7.78. The Bertz CT molecular complexity index is 1270. The van der Waals surface area contributed by atoms with Crippen molar-refractivity contribution in [2.24, 2.45) is 0 Å². The molecule has 2 aromatic heterocycles. The van der Waals surface area contributed by atoms with Gasteiger partial charge in [0.15, 0.2) is 10.2 Å². The Morgan fingerprint density at radius 3 is 2.44 bits per heavy atom. The van der Waals surface area contributed by atoms with Crippen LogP contribution < -0.4 is 10.2 Å². The van der Waals surface area contributed by atoms with Crippen LogP contribution in [0.15, 0.2) is 99.5 Å². The van der Waals surface area contributed by atoms with Gasteiger partial charge in [-0.3, -0.25) is 4.98 Å². The third-order valence-corrected chi connectivity index (χ3v) is 7.36. The van der Waals surface area contributed by atoms with Gasteiger partial charge in [0, 0.05) is 21.8 Å². The number of aromatic nitrogens is 1. The molecule has 4 aromatic rings. The van der Waals surface area contributed by atoms with Crippen LogP contribution in [-0.4, -0.2) is 10.1 Å². The lowest BCUT2D eigenvalue weighted by Gasteiger charge is -2.26. The minimum Gasteiger partial charge on any atom is -0.452 e. The van der Waals surface area contributed by atoms with Crippen LogP contribution in [0.25, 0.3) is 0 Å². The highest BCUT2D eigenvalue weighted by Gasteiger charge is 2.42. The van der Waals surface area contributed by atoms with E-state index in [-0.39, 0.29) is 12.1 Å². The van der Waals surface area contributed by atoms with E-state index in [4.69, 9.17) is 28.2 Å². The average Bonchev–Trinajstić information content (AvgIpc) is 3.45.